The van der Waals surface area contributed by atoms with Crippen LogP contribution in [-0.4, -0.2) is 37.5 Å². The number of aromatic nitrogens is 1. The summed E-state index contributed by atoms with van der Waals surface area (Å²) in [6, 6.07) is 16.0. The zero-order valence-corrected chi connectivity index (χ0v) is 18.0. The van der Waals surface area contributed by atoms with Gasteiger partial charge in [-0.25, -0.2) is 4.79 Å². The Balaban J connectivity index is 1.63. The predicted molar refractivity (Wildman–Crippen MR) is 118 cm³/mol. The number of ether oxygens (including phenoxy) is 2. The molecule has 31 heavy (non-hydrogen) atoms. The molecule has 162 valence electrons. The van der Waals surface area contributed by atoms with Crippen molar-refractivity contribution >= 4 is 35.1 Å². The Morgan fingerprint density at radius 2 is 1.81 bits per heavy atom. The van der Waals surface area contributed by atoms with Crippen LogP contribution in [-0.2, 0) is 15.2 Å². The molecule has 0 fully saturated rings. The molecule has 0 saturated carbocycles. The van der Waals surface area contributed by atoms with E-state index >= 15 is 0 Å². The summed E-state index contributed by atoms with van der Waals surface area (Å²) in [6.45, 7) is 2.33. The molecule has 1 aromatic heterocycles. The second-order valence-electron chi connectivity index (χ2n) is 6.51. The standard InChI is InChI=1S/C22H23N3O5S/c1-15-12-18(30-25-15)14-31-20-9-4-3-8-19(20)21(26)23-16-6-5-7-17(13-16)24-22(27)29-11-10-28-2/h3-9,12-13H,10-11,14H2,1-2H3,(H,23,26)(H,24,27). The number of rotatable bonds is 9. The lowest BCUT2D eigenvalue weighted by Crippen LogP contribution is -2.17. The Kier molecular flexibility index (Phi) is 8.08. The van der Waals surface area contributed by atoms with E-state index in [2.05, 4.69) is 15.8 Å². The first-order valence-electron chi connectivity index (χ1n) is 9.53. The highest BCUT2D eigenvalue weighted by atomic mass is 32.2. The van der Waals surface area contributed by atoms with E-state index in [-0.39, 0.29) is 12.5 Å². The number of methoxy groups -OCH3 is 1. The van der Waals surface area contributed by atoms with Gasteiger partial charge < -0.3 is 19.3 Å². The number of anilines is 2. The van der Waals surface area contributed by atoms with Crippen molar-refractivity contribution in [3.63, 3.8) is 0 Å². The van der Waals surface area contributed by atoms with E-state index in [0.717, 1.165) is 16.3 Å². The molecule has 3 aromatic rings. The lowest BCUT2D eigenvalue weighted by Gasteiger charge is -2.11. The molecule has 0 bridgehead atoms. The third-order valence-corrected chi connectivity index (χ3v) is 5.16. The van der Waals surface area contributed by atoms with Crippen LogP contribution < -0.4 is 10.6 Å². The number of nitrogens with one attached hydrogen (secondary N) is 2. The summed E-state index contributed by atoms with van der Waals surface area (Å²) in [7, 11) is 1.53. The van der Waals surface area contributed by atoms with Crippen LogP contribution in [0.2, 0.25) is 0 Å². The topological polar surface area (TPSA) is 103 Å². The van der Waals surface area contributed by atoms with Crippen LogP contribution in [0.25, 0.3) is 0 Å². The second-order valence-corrected chi connectivity index (χ2v) is 7.53. The highest BCUT2D eigenvalue weighted by molar-refractivity contribution is 7.98. The van der Waals surface area contributed by atoms with Gasteiger partial charge in [-0.05, 0) is 37.3 Å². The summed E-state index contributed by atoms with van der Waals surface area (Å²) >= 11 is 1.49. The van der Waals surface area contributed by atoms with Gasteiger partial charge in [-0.1, -0.05) is 23.4 Å². The van der Waals surface area contributed by atoms with Gasteiger partial charge in [0.05, 0.1) is 23.6 Å². The molecule has 0 unspecified atom stereocenters. The van der Waals surface area contributed by atoms with Crippen LogP contribution in [0, 0.1) is 6.92 Å². The van der Waals surface area contributed by atoms with Gasteiger partial charge >= 0.3 is 6.09 Å². The van der Waals surface area contributed by atoms with Crippen LogP contribution in [0.4, 0.5) is 16.2 Å². The zero-order valence-electron chi connectivity index (χ0n) is 17.2. The highest BCUT2D eigenvalue weighted by Crippen LogP contribution is 2.27. The van der Waals surface area contributed by atoms with Crippen molar-refractivity contribution in [3.05, 3.63) is 71.6 Å². The fourth-order valence-corrected chi connectivity index (χ4v) is 3.58. The third-order valence-electron chi connectivity index (χ3n) is 4.07. The molecular formula is C22H23N3O5S. The Morgan fingerprint density at radius 1 is 1.03 bits per heavy atom. The van der Waals surface area contributed by atoms with Gasteiger partial charge in [-0.3, -0.25) is 10.1 Å². The molecule has 0 aliphatic heterocycles. The van der Waals surface area contributed by atoms with Crippen LogP contribution in [0.3, 0.4) is 0 Å². The highest BCUT2D eigenvalue weighted by Gasteiger charge is 2.13. The quantitative estimate of drug-likeness (QED) is 0.366. The largest absolute Gasteiger partial charge is 0.447 e. The van der Waals surface area contributed by atoms with Crippen molar-refractivity contribution in [1.29, 1.82) is 0 Å². The summed E-state index contributed by atoms with van der Waals surface area (Å²) in [5.41, 5.74) is 2.41. The minimum atomic E-state index is -0.593. The van der Waals surface area contributed by atoms with Gasteiger partial charge in [0.25, 0.3) is 5.91 Å². The molecule has 0 spiro atoms. The molecule has 3 rings (SSSR count). The lowest BCUT2D eigenvalue weighted by molar-refractivity contribution is 0.102. The minimum absolute atomic E-state index is 0.154. The molecule has 0 radical (unpaired) electrons. The van der Waals surface area contributed by atoms with Crippen molar-refractivity contribution in [2.75, 3.05) is 31.0 Å². The number of hydrogen-bond donors (Lipinski definition) is 2. The fraction of sp³-hybridized carbons (Fsp3) is 0.227. The van der Waals surface area contributed by atoms with E-state index < -0.39 is 6.09 Å². The number of carbonyl (C=O) groups is 2. The number of amides is 2. The van der Waals surface area contributed by atoms with Gasteiger partial charge in [0, 0.05) is 29.4 Å². The number of hydrogen-bond acceptors (Lipinski definition) is 7. The minimum Gasteiger partial charge on any atom is -0.447 e. The van der Waals surface area contributed by atoms with Gasteiger partial charge in [0.15, 0.2) is 0 Å². The maximum absolute atomic E-state index is 12.9. The number of benzene rings is 2. The van der Waals surface area contributed by atoms with Crippen molar-refractivity contribution in [3.8, 4) is 0 Å². The summed E-state index contributed by atoms with van der Waals surface area (Å²) in [5.74, 6) is 1.06. The average molecular weight is 442 g/mol. The number of carbonyl (C=O) groups excluding carboxylic acids is 2. The molecule has 2 aromatic carbocycles. The van der Waals surface area contributed by atoms with E-state index in [9.17, 15) is 9.59 Å². The fourth-order valence-electron chi connectivity index (χ4n) is 2.66. The molecule has 0 aliphatic carbocycles. The average Bonchev–Trinajstić information content (AvgIpc) is 3.18. The Morgan fingerprint density at radius 3 is 2.55 bits per heavy atom. The summed E-state index contributed by atoms with van der Waals surface area (Å²) in [5, 5.41) is 9.36. The first kappa shape index (κ1) is 22.4. The van der Waals surface area contributed by atoms with E-state index in [1.807, 2.05) is 31.2 Å². The molecule has 8 nitrogen and oxygen atoms in total. The van der Waals surface area contributed by atoms with E-state index in [0.29, 0.717) is 29.3 Å². The van der Waals surface area contributed by atoms with Crippen LogP contribution in [0.15, 0.2) is 64.0 Å². The summed E-state index contributed by atoms with van der Waals surface area (Å²) in [4.78, 5) is 25.5. The summed E-state index contributed by atoms with van der Waals surface area (Å²) < 4.78 is 15.1. The molecule has 1 heterocycles. The predicted octanol–water partition coefficient (Wildman–Crippen LogP) is 4.72. The van der Waals surface area contributed by atoms with Gasteiger partial charge in [0.2, 0.25) is 0 Å². The van der Waals surface area contributed by atoms with Crippen LogP contribution >= 0.6 is 11.8 Å². The van der Waals surface area contributed by atoms with Crippen molar-refractivity contribution in [2.24, 2.45) is 0 Å². The molecular weight excluding hydrogens is 418 g/mol. The Bertz CT molecular complexity index is 1040. The number of aryl methyl sites for hydroxylation is 1. The molecule has 0 saturated heterocycles. The van der Waals surface area contributed by atoms with Gasteiger partial charge in [-0.2, -0.15) is 0 Å². The van der Waals surface area contributed by atoms with E-state index in [4.69, 9.17) is 14.0 Å². The maximum Gasteiger partial charge on any atom is 0.411 e. The lowest BCUT2D eigenvalue weighted by atomic mass is 10.2. The summed E-state index contributed by atoms with van der Waals surface area (Å²) in [6.07, 6.45) is -0.593. The number of nitrogens with zero attached hydrogens (tertiary/aromatic N) is 1. The molecule has 0 atom stereocenters. The van der Waals surface area contributed by atoms with Gasteiger partial charge in [0.1, 0.15) is 12.4 Å². The maximum atomic E-state index is 12.9. The Hall–Kier alpha value is -3.30. The molecule has 9 heteroatoms. The molecule has 2 N–H and O–H groups in total. The number of thioether (sulfide) groups is 1. The van der Waals surface area contributed by atoms with E-state index in [1.54, 1.807) is 30.3 Å². The first-order valence-corrected chi connectivity index (χ1v) is 10.5. The van der Waals surface area contributed by atoms with Crippen LogP contribution in [0.1, 0.15) is 21.8 Å². The Labute approximate surface area is 184 Å². The second kappa shape index (κ2) is 11.2. The third kappa shape index (κ3) is 6.87. The van der Waals surface area contributed by atoms with Crippen molar-refractivity contribution in [2.45, 2.75) is 17.6 Å². The van der Waals surface area contributed by atoms with E-state index in [1.165, 1.54) is 18.9 Å². The molecule has 0 aliphatic rings. The first-order chi connectivity index (χ1) is 15.0. The van der Waals surface area contributed by atoms with Gasteiger partial charge in [-0.15, -0.1) is 11.8 Å². The van der Waals surface area contributed by atoms with Crippen LogP contribution in [0.5, 0.6) is 0 Å². The zero-order chi connectivity index (χ0) is 22.1. The SMILES string of the molecule is COCCOC(=O)Nc1cccc(NC(=O)c2ccccc2SCc2cc(C)no2)c1. The monoisotopic (exact) mass is 441 g/mol. The smallest absolute Gasteiger partial charge is 0.411 e. The van der Waals surface area contributed by atoms with Crippen molar-refractivity contribution in [1.82, 2.24) is 5.16 Å². The normalized spacial score (nSPS) is 10.5. The van der Waals surface area contributed by atoms with Crippen molar-refractivity contribution < 1.29 is 23.6 Å². The molecule has 2 amide bonds.